The van der Waals surface area contributed by atoms with Crippen LogP contribution >= 0.6 is 17.1 Å². The number of carbonyl (C=O) groups excluding carboxylic acids is 2. The molecule has 19 heavy (non-hydrogen) atoms. The highest BCUT2D eigenvalue weighted by Crippen LogP contribution is 2.63. The van der Waals surface area contributed by atoms with Crippen LogP contribution in [-0.4, -0.2) is 39.4 Å². The first-order valence-corrected chi connectivity index (χ1v) is 9.45. The highest BCUT2D eigenvalue weighted by atomic mass is 32.9. The fourth-order valence-corrected chi connectivity index (χ4v) is 5.68. The van der Waals surface area contributed by atoms with E-state index >= 15 is 0 Å². The zero-order valence-corrected chi connectivity index (χ0v) is 13.7. The van der Waals surface area contributed by atoms with E-state index in [1.807, 2.05) is 0 Å². The van der Waals surface area contributed by atoms with Gasteiger partial charge >= 0.3 is 11.9 Å². The Hall–Kier alpha value is -0.400. The molecule has 0 aliphatic rings. The highest BCUT2D eigenvalue weighted by molar-refractivity contribution is 8.69. The first-order chi connectivity index (χ1) is 8.92. The van der Waals surface area contributed by atoms with Crippen molar-refractivity contribution < 1.29 is 28.1 Å². The van der Waals surface area contributed by atoms with Crippen molar-refractivity contribution >= 4 is 40.8 Å². The topological polar surface area (TPSA) is 71.1 Å². The van der Waals surface area contributed by atoms with Crippen molar-refractivity contribution in [2.75, 3.05) is 27.4 Å². The first-order valence-electron chi connectivity index (χ1n) is 5.39. The van der Waals surface area contributed by atoms with Crippen molar-refractivity contribution in [3.05, 3.63) is 11.0 Å². The van der Waals surface area contributed by atoms with Crippen LogP contribution in [0.2, 0.25) is 0 Å². The Morgan fingerprint density at radius 2 is 1.68 bits per heavy atom. The summed E-state index contributed by atoms with van der Waals surface area (Å²) in [6.07, 6.45) is 1.01. The van der Waals surface area contributed by atoms with Crippen LogP contribution in [0.1, 0.15) is 13.8 Å². The summed E-state index contributed by atoms with van der Waals surface area (Å²) in [5.74, 6) is -1.37. The van der Waals surface area contributed by atoms with E-state index in [1.165, 1.54) is 14.2 Å². The molecule has 0 aliphatic carbocycles. The zero-order chi connectivity index (χ0) is 14.9. The molecule has 0 fully saturated rings. The van der Waals surface area contributed by atoms with E-state index in [-0.39, 0.29) is 4.91 Å². The summed E-state index contributed by atoms with van der Waals surface area (Å²) in [7, 11) is 2.42. The Bertz CT molecular complexity index is 385. The molecule has 9 heteroatoms. The number of esters is 2. The van der Waals surface area contributed by atoms with Gasteiger partial charge in [-0.1, -0.05) is 0 Å². The summed E-state index contributed by atoms with van der Waals surface area (Å²) in [5.41, 5.74) is -2.74. The molecule has 0 atom stereocenters. The monoisotopic (exact) mass is 328 g/mol. The van der Waals surface area contributed by atoms with E-state index in [4.69, 9.17) is 20.9 Å². The average molecular weight is 328 g/mol. The predicted octanol–water partition coefficient (Wildman–Crippen LogP) is 2.25. The first kappa shape index (κ1) is 18.6. The molecule has 0 aromatic heterocycles. The van der Waals surface area contributed by atoms with E-state index in [2.05, 4.69) is 9.47 Å². The molecule has 0 rings (SSSR count). The lowest BCUT2D eigenvalue weighted by atomic mass is 10.5. The van der Waals surface area contributed by atoms with Gasteiger partial charge in [0.25, 0.3) is 5.69 Å². The Kier molecular flexibility index (Phi) is 9.30. The molecule has 0 N–H and O–H groups in total. The smallest absolute Gasteiger partial charge is 0.345 e. The molecule has 0 unspecified atom stereocenters. The molecule has 0 radical (unpaired) electrons. The molecule has 0 aromatic carbocycles. The van der Waals surface area contributed by atoms with E-state index in [1.54, 1.807) is 13.8 Å². The third-order valence-corrected chi connectivity index (χ3v) is 6.67. The van der Waals surface area contributed by atoms with Crippen LogP contribution in [0.25, 0.3) is 0 Å². The van der Waals surface area contributed by atoms with Crippen molar-refractivity contribution in [3.63, 3.8) is 0 Å². The van der Waals surface area contributed by atoms with Crippen LogP contribution in [0.5, 0.6) is 0 Å². The van der Waals surface area contributed by atoms with Gasteiger partial charge in [0.2, 0.25) is 0 Å². The standard InChI is InChI=1S/C10H17O6PS2/c1-5-15-17(18,16-6-2)19-8(10(12)14-4)7-9(11)13-3/h7H,5-6H2,1-4H3/b8-7-. The number of rotatable bonds is 8. The average Bonchev–Trinajstić information content (AvgIpc) is 2.37. The zero-order valence-electron chi connectivity index (χ0n) is 11.2. The normalized spacial score (nSPS) is 12.1. The van der Waals surface area contributed by atoms with Gasteiger partial charge in [0.15, 0.2) is 0 Å². The quantitative estimate of drug-likeness (QED) is 0.382. The van der Waals surface area contributed by atoms with E-state index in [0.29, 0.717) is 13.2 Å². The number of hydrogen-bond donors (Lipinski definition) is 0. The number of ether oxygens (including phenoxy) is 2. The van der Waals surface area contributed by atoms with Crippen LogP contribution in [0.3, 0.4) is 0 Å². The molecule has 0 heterocycles. The van der Waals surface area contributed by atoms with Gasteiger partial charge in [0, 0.05) is 6.08 Å². The van der Waals surface area contributed by atoms with Crippen LogP contribution in [0, 0.1) is 0 Å². The molecule has 0 aliphatic heterocycles. The largest absolute Gasteiger partial charge is 0.466 e. The van der Waals surface area contributed by atoms with Gasteiger partial charge in [-0.3, -0.25) is 0 Å². The second-order valence-electron chi connectivity index (χ2n) is 2.90. The van der Waals surface area contributed by atoms with Gasteiger partial charge in [-0.25, -0.2) is 9.59 Å². The molecule has 0 saturated heterocycles. The summed E-state index contributed by atoms with van der Waals surface area (Å²) in [4.78, 5) is 22.8. The number of hydrogen-bond acceptors (Lipinski definition) is 8. The van der Waals surface area contributed by atoms with Crippen molar-refractivity contribution in [2.45, 2.75) is 13.8 Å². The Labute approximate surface area is 121 Å². The van der Waals surface area contributed by atoms with Gasteiger partial charge in [-0.05, 0) is 37.0 Å². The second-order valence-corrected chi connectivity index (χ2v) is 9.06. The molecule has 0 amide bonds. The molecular weight excluding hydrogens is 311 g/mol. The van der Waals surface area contributed by atoms with Gasteiger partial charge in [-0.15, -0.1) is 0 Å². The van der Waals surface area contributed by atoms with Crippen molar-refractivity contribution in [2.24, 2.45) is 0 Å². The minimum absolute atomic E-state index is 0.000386. The summed E-state index contributed by atoms with van der Waals surface area (Å²) in [6.45, 7) is 4.22. The maximum atomic E-state index is 11.6. The third-order valence-electron chi connectivity index (χ3n) is 1.62. The SMILES string of the molecule is CCOP(=S)(OCC)S/C(=C\C(=O)OC)C(=O)OC. The van der Waals surface area contributed by atoms with Crippen LogP contribution in [0.4, 0.5) is 0 Å². The Morgan fingerprint density at radius 3 is 2.05 bits per heavy atom. The van der Waals surface area contributed by atoms with E-state index in [0.717, 1.165) is 17.5 Å². The molecule has 6 nitrogen and oxygen atoms in total. The summed E-state index contributed by atoms with van der Waals surface area (Å²) in [5, 5.41) is 0. The fourth-order valence-electron chi connectivity index (χ4n) is 0.916. The van der Waals surface area contributed by atoms with Gasteiger partial charge < -0.3 is 18.5 Å². The van der Waals surface area contributed by atoms with E-state index < -0.39 is 17.6 Å². The molecule has 0 spiro atoms. The molecule has 0 bridgehead atoms. The Morgan fingerprint density at radius 1 is 1.16 bits per heavy atom. The lowest BCUT2D eigenvalue weighted by Gasteiger charge is -2.20. The number of methoxy groups -OCH3 is 2. The maximum absolute atomic E-state index is 11.6. The molecular formula is C10H17O6PS2. The minimum Gasteiger partial charge on any atom is -0.466 e. The molecule has 110 valence electrons. The summed E-state index contributed by atoms with van der Waals surface area (Å²) in [6, 6.07) is 0. The van der Waals surface area contributed by atoms with Gasteiger partial charge in [0.1, 0.15) is 4.91 Å². The van der Waals surface area contributed by atoms with Crippen molar-refractivity contribution in [3.8, 4) is 0 Å². The van der Waals surface area contributed by atoms with E-state index in [9.17, 15) is 9.59 Å². The number of carbonyl (C=O) groups is 2. The minimum atomic E-state index is -2.74. The maximum Gasteiger partial charge on any atom is 0.345 e. The van der Waals surface area contributed by atoms with Gasteiger partial charge in [0.05, 0.1) is 27.4 Å². The summed E-state index contributed by atoms with van der Waals surface area (Å²) >= 11 is 6.15. The van der Waals surface area contributed by atoms with Crippen LogP contribution in [0.15, 0.2) is 11.0 Å². The van der Waals surface area contributed by atoms with Crippen molar-refractivity contribution in [1.29, 1.82) is 0 Å². The highest BCUT2D eigenvalue weighted by Gasteiger charge is 2.26. The second kappa shape index (κ2) is 9.50. The predicted molar refractivity (Wildman–Crippen MR) is 77.2 cm³/mol. The van der Waals surface area contributed by atoms with Crippen molar-refractivity contribution in [1.82, 2.24) is 0 Å². The summed E-state index contributed by atoms with van der Waals surface area (Å²) < 4.78 is 19.8. The Balaban J connectivity index is 5.17. The van der Waals surface area contributed by atoms with Crippen LogP contribution in [-0.2, 0) is 39.9 Å². The molecule has 0 aromatic rings. The lowest BCUT2D eigenvalue weighted by molar-refractivity contribution is -0.137. The third kappa shape index (κ3) is 7.08. The van der Waals surface area contributed by atoms with Crippen LogP contribution < -0.4 is 0 Å². The fraction of sp³-hybridized carbons (Fsp3) is 0.600. The lowest BCUT2D eigenvalue weighted by Crippen LogP contribution is -2.06. The van der Waals surface area contributed by atoms with Gasteiger partial charge in [-0.2, -0.15) is 0 Å². The molecule has 0 saturated carbocycles.